The quantitative estimate of drug-likeness (QED) is 0.433. The smallest absolute Gasteiger partial charge is 0.411 e. The van der Waals surface area contributed by atoms with E-state index in [0.29, 0.717) is 5.56 Å². The van der Waals surface area contributed by atoms with Gasteiger partial charge in [-0.3, -0.25) is 4.90 Å². The number of rotatable bonds is 6. The lowest BCUT2D eigenvalue weighted by molar-refractivity contribution is -0.150. The maximum atomic E-state index is 13.4. The molecule has 1 amide bonds. The van der Waals surface area contributed by atoms with Gasteiger partial charge in [-0.05, 0) is 56.2 Å². The predicted molar refractivity (Wildman–Crippen MR) is 112 cm³/mol. The summed E-state index contributed by atoms with van der Waals surface area (Å²) in [6.45, 7) is 4.64. The Hall–Kier alpha value is -3.14. The fraction of sp³-hybridized carbons (Fsp3) is 0.417. The van der Waals surface area contributed by atoms with Crippen LogP contribution in [0.5, 0.6) is 0 Å². The van der Waals surface area contributed by atoms with Crippen molar-refractivity contribution in [1.29, 1.82) is 0 Å². The standard InChI is InChI=1S/C24H25F4NO5/c1-24(2,3)34-23(31)29-11-16(32-12-14-4-6-17(25)19(27)8-14)10-21(29)22(30)33-13-15-5-7-18(26)20(28)9-15/h4-9,16,21H,10-13H2,1-3H3/t16-,21+/m1/s1. The van der Waals surface area contributed by atoms with Crippen molar-refractivity contribution in [3.05, 3.63) is 70.8 Å². The van der Waals surface area contributed by atoms with Gasteiger partial charge in [0.2, 0.25) is 0 Å². The van der Waals surface area contributed by atoms with Crippen LogP contribution in [0.2, 0.25) is 0 Å². The molecule has 6 nitrogen and oxygen atoms in total. The van der Waals surface area contributed by atoms with Gasteiger partial charge in [0.15, 0.2) is 23.3 Å². The predicted octanol–water partition coefficient (Wildman–Crippen LogP) is 4.88. The first-order valence-electron chi connectivity index (χ1n) is 10.6. The summed E-state index contributed by atoms with van der Waals surface area (Å²) in [5, 5.41) is 0. The second-order valence-corrected chi connectivity index (χ2v) is 8.92. The molecule has 0 spiro atoms. The molecule has 34 heavy (non-hydrogen) atoms. The minimum Gasteiger partial charge on any atom is -0.459 e. The maximum Gasteiger partial charge on any atom is 0.411 e. The number of nitrogens with zero attached hydrogens (tertiary/aromatic N) is 1. The molecule has 2 aromatic carbocycles. The van der Waals surface area contributed by atoms with Crippen LogP contribution in [0.25, 0.3) is 0 Å². The Morgan fingerprint density at radius 1 is 0.912 bits per heavy atom. The fourth-order valence-electron chi connectivity index (χ4n) is 3.39. The van der Waals surface area contributed by atoms with Crippen LogP contribution < -0.4 is 0 Å². The third kappa shape index (κ3) is 6.69. The Morgan fingerprint density at radius 2 is 1.47 bits per heavy atom. The summed E-state index contributed by atoms with van der Waals surface area (Å²) in [4.78, 5) is 26.6. The molecule has 0 aliphatic carbocycles. The first-order valence-corrected chi connectivity index (χ1v) is 10.6. The van der Waals surface area contributed by atoms with E-state index in [0.717, 1.165) is 24.3 Å². The van der Waals surface area contributed by atoms with E-state index in [2.05, 4.69) is 0 Å². The van der Waals surface area contributed by atoms with Crippen molar-refractivity contribution in [2.75, 3.05) is 6.54 Å². The molecule has 0 radical (unpaired) electrons. The Balaban J connectivity index is 1.67. The van der Waals surface area contributed by atoms with Crippen molar-refractivity contribution in [1.82, 2.24) is 4.90 Å². The van der Waals surface area contributed by atoms with Gasteiger partial charge in [0.25, 0.3) is 0 Å². The molecule has 2 aromatic rings. The lowest BCUT2D eigenvalue weighted by Crippen LogP contribution is -2.44. The zero-order valence-corrected chi connectivity index (χ0v) is 18.9. The van der Waals surface area contributed by atoms with E-state index in [1.165, 1.54) is 17.0 Å². The van der Waals surface area contributed by atoms with Crippen LogP contribution in [0.3, 0.4) is 0 Å². The normalized spacial score (nSPS) is 18.1. The van der Waals surface area contributed by atoms with Gasteiger partial charge in [0, 0.05) is 6.42 Å². The Kier molecular flexibility index (Phi) is 7.81. The van der Waals surface area contributed by atoms with Crippen LogP contribution in [0.1, 0.15) is 38.3 Å². The topological polar surface area (TPSA) is 65.1 Å². The lowest BCUT2D eigenvalue weighted by Gasteiger charge is -2.27. The van der Waals surface area contributed by atoms with E-state index in [1.54, 1.807) is 20.8 Å². The highest BCUT2D eigenvalue weighted by Crippen LogP contribution is 2.26. The molecule has 3 rings (SSSR count). The summed E-state index contributed by atoms with van der Waals surface area (Å²) in [5.74, 6) is -4.86. The molecule has 1 saturated heterocycles. The van der Waals surface area contributed by atoms with Gasteiger partial charge >= 0.3 is 12.1 Å². The summed E-state index contributed by atoms with van der Waals surface area (Å²) >= 11 is 0. The molecule has 0 N–H and O–H groups in total. The Labute approximate surface area is 194 Å². The number of ether oxygens (including phenoxy) is 3. The molecular weight excluding hydrogens is 458 g/mol. The van der Waals surface area contributed by atoms with Gasteiger partial charge in [-0.1, -0.05) is 12.1 Å². The van der Waals surface area contributed by atoms with Gasteiger partial charge < -0.3 is 14.2 Å². The SMILES string of the molecule is CC(C)(C)OC(=O)N1C[C@H](OCc2ccc(F)c(F)c2)C[C@H]1C(=O)OCc1ccc(F)c(F)c1. The summed E-state index contributed by atoms with van der Waals surface area (Å²) < 4.78 is 69.4. The molecule has 10 heteroatoms. The molecule has 0 saturated carbocycles. The van der Waals surface area contributed by atoms with Crippen LogP contribution in [0, 0.1) is 23.3 Å². The summed E-state index contributed by atoms with van der Waals surface area (Å²) in [6, 6.07) is 5.42. The first-order chi connectivity index (χ1) is 15.9. The Bertz CT molecular complexity index is 1060. The number of halogens is 4. The molecule has 2 atom stereocenters. The number of esters is 1. The lowest BCUT2D eigenvalue weighted by atomic mass is 10.2. The van der Waals surface area contributed by atoms with Crippen molar-refractivity contribution in [2.24, 2.45) is 0 Å². The zero-order valence-electron chi connectivity index (χ0n) is 18.9. The number of likely N-dealkylation sites (tertiary alicyclic amines) is 1. The van der Waals surface area contributed by atoms with Crippen LogP contribution in [0.15, 0.2) is 36.4 Å². The van der Waals surface area contributed by atoms with E-state index in [-0.39, 0.29) is 31.7 Å². The van der Waals surface area contributed by atoms with E-state index in [9.17, 15) is 27.2 Å². The molecule has 1 fully saturated rings. The molecule has 1 aliphatic rings. The van der Waals surface area contributed by atoms with Crippen LogP contribution >= 0.6 is 0 Å². The van der Waals surface area contributed by atoms with Gasteiger partial charge in [-0.15, -0.1) is 0 Å². The number of hydrogen-bond acceptors (Lipinski definition) is 5. The van der Waals surface area contributed by atoms with Gasteiger partial charge in [-0.2, -0.15) is 0 Å². The third-order valence-corrected chi connectivity index (χ3v) is 5.00. The van der Waals surface area contributed by atoms with E-state index >= 15 is 0 Å². The van der Waals surface area contributed by atoms with Crippen molar-refractivity contribution in [3.63, 3.8) is 0 Å². The molecule has 0 aromatic heterocycles. The van der Waals surface area contributed by atoms with E-state index in [1.807, 2.05) is 0 Å². The number of benzene rings is 2. The van der Waals surface area contributed by atoms with Crippen molar-refractivity contribution >= 4 is 12.1 Å². The van der Waals surface area contributed by atoms with E-state index < -0.39 is 53.1 Å². The number of carbonyl (C=O) groups is 2. The minimum absolute atomic E-state index is 0.00351. The van der Waals surface area contributed by atoms with Crippen LogP contribution in [0.4, 0.5) is 22.4 Å². The zero-order chi connectivity index (χ0) is 25.0. The highest BCUT2D eigenvalue weighted by atomic mass is 19.2. The van der Waals surface area contributed by atoms with Crippen LogP contribution in [-0.4, -0.2) is 41.3 Å². The highest BCUT2D eigenvalue weighted by molar-refractivity contribution is 5.82. The van der Waals surface area contributed by atoms with Crippen molar-refractivity contribution in [3.8, 4) is 0 Å². The number of hydrogen-bond donors (Lipinski definition) is 0. The second-order valence-electron chi connectivity index (χ2n) is 8.92. The molecule has 0 bridgehead atoms. The summed E-state index contributed by atoms with van der Waals surface area (Å²) in [7, 11) is 0. The largest absolute Gasteiger partial charge is 0.459 e. The summed E-state index contributed by atoms with van der Waals surface area (Å²) in [5.41, 5.74) is -0.200. The monoisotopic (exact) mass is 483 g/mol. The minimum atomic E-state index is -1.07. The molecular formula is C24H25F4NO5. The van der Waals surface area contributed by atoms with Gasteiger partial charge in [0.05, 0.1) is 19.3 Å². The average molecular weight is 483 g/mol. The fourth-order valence-corrected chi connectivity index (χ4v) is 3.39. The van der Waals surface area contributed by atoms with Crippen molar-refractivity contribution in [2.45, 2.75) is 58.2 Å². The van der Waals surface area contributed by atoms with Crippen molar-refractivity contribution < 1.29 is 41.4 Å². The molecule has 0 unspecified atom stereocenters. The van der Waals surface area contributed by atoms with Crippen LogP contribution in [-0.2, 0) is 32.2 Å². The Morgan fingerprint density at radius 3 is 2.00 bits per heavy atom. The average Bonchev–Trinajstić information content (AvgIpc) is 3.19. The number of carbonyl (C=O) groups excluding carboxylic acids is 2. The molecule has 1 heterocycles. The number of amides is 1. The summed E-state index contributed by atoms with van der Waals surface area (Å²) in [6.07, 6.45) is -1.29. The van der Waals surface area contributed by atoms with Gasteiger partial charge in [0.1, 0.15) is 18.2 Å². The van der Waals surface area contributed by atoms with Gasteiger partial charge in [-0.25, -0.2) is 27.2 Å². The molecule has 1 aliphatic heterocycles. The highest BCUT2D eigenvalue weighted by Gasteiger charge is 2.43. The molecule has 184 valence electrons. The maximum absolute atomic E-state index is 13.4. The second kappa shape index (κ2) is 10.4. The van der Waals surface area contributed by atoms with E-state index in [4.69, 9.17) is 14.2 Å². The third-order valence-electron chi connectivity index (χ3n) is 5.00. The first kappa shape index (κ1) is 25.5.